The highest BCUT2D eigenvalue weighted by Crippen LogP contribution is 2.26. The van der Waals surface area contributed by atoms with Crippen molar-refractivity contribution >= 4 is 11.6 Å². The van der Waals surface area contributed by atoms with Gasteiger partial charge in [0.1, 0.15) is 5.76 Å². The summed E-state index contributed by atoms with van der Waals surface area (Å²) in [6, 6.07) is 0.407. The van der Waals surface area contributed by atoms with Gasteiger partial charge in [-0.25, -0.2) is 19.6 Å². The minimum atomic E-state index is -0.861. The van der Waals surface area contributed by atoms with Crippen LogP contribution < -0.4 is 16.6 Å². The smallest absolute Gasteiger partial charge is 0.178 e. The number of nitrogen functional groups attached to an aromatic ring is 1. The molecule has 0 bridgehead atoms. The summed E-state index contributed by atoms with van der Waals surface area (Å²) in [4.78, 5) is 3.75. The molecule has 2 heterocycles. The number of hydrogen-bond acceptors (Lipinski definition) is 6. The first-order valence-corrected chi connectivity index (χ1v) is 5.96. The Labute approximate surface area is 114 Å². The quantitative estimate of drug-likeness (QED) is 0.590. The molecule has 8 heteroatoms. The van der Waals surface area contributed by atoms with E-state index in [4.69, 9.17) is 10.4 Å². The minimum absolute atomic E-state index is 0.105. The van der Waals surface area contributed by atoms with E-state index >= 15 is 0 Å². The van der Waals surface area contributed by atoms with Crippen molar-refractivity contribution < 1.29 is 13.3 Å². The molecule has 0 aliphatic rings. The summed E-state index contributed by atoms with van der Waals surface area (Å²) in [7, 11) is 0. The van der Waals surface area contributed by atoms with Crippen molar-refractivity contribution in [1.29, 1.82) is 0 Å². The standard InChI is InChI=1S/C12H15F2N5O/c1-5(10-6(2)19-20-7(10)3)16-11-8(13)4-9(14)12(17-11)18-15/h4-5H,15H2,1-3H3,(H2,16,17,18). The Morgan fingerprint density at radius 2 is 1.90 bits per heavy atom. The fraction of sp³-hybridized carbons (Fsp3) is 0.333. The molecule has 20 heavy (non-hydrogen) atoms. The molecule has 0 spiro atoms. The molecular formula is C12H15F2N5O. The third-order valence-corrected chi connectivity index (χ3v) is 2.94. The van der Waals surface area contributed by atoms with Crippen molar-refractivity contribution in [3.63, 3.8) is 0 Å². The van der Waals surface area contributed by atoms with Gasteiger partial charge in [0.05, 0.1) is 11.7 Å². The van der Waals surface area contributed by atoms with E-state index in [0.29, 0.717) is 17.5 Å². The predicted octanol–water partition coefficient (Wildman–Crippen LogP) is 2.42. The van der Waals surface area contributed by atoms with Crippen LogP contribution in [-0.4, -0.2) is 10.1 Å². The van der Waals surface area contributed by atoms with E-state index in [1.54, 1.807) is 20.8 Å². The van der Waals surface area contributed by atoms with E-state index in [9.17, 15) is 8.78 Å². The minimum Gasteiger partial charge on any atom is -0.361 e. The van der Waals surface area contributed by atoms with Gasteiger partial charge in [-0.3, -0.25) is 0 Å². The molecule has 0 aromatic carbocycles. The molecule has 4 N–H and O–H groups in total. The number of halogens is 2. The number of hydrazine groups is 1. The lowest BCUT2D eigenvalue weighted by Gasteiger charge is -2.15. The van der Waals surface area contributed by atoms with E-state index in [0.717, 1.165) is 5.56 Å². The van der Waals surface area contributed by atoms with Gasteiger partial charge in [0.25, 0.3) is 0 Å². The van der Waals surface area contributed by atoms with Crippen LogP contribution in [0.2, 0.25) is 0 Å². The average Bonchev–Trinajstić information content (AvgIpc) is 2.72. The summed E-state index contributed by atoms with van der Waals surface area (Å²) in [6.07, 6.45) is 0. The van der Waals surface area contributed by atoms with Crippen molar-refractivity contribution in [3.05, 3.63) is 34.7 Å². The Bertz CT molecular complexity index is 609. The molecule has 0 saturated heterocycles. The van der Waals surface area contributed by atoms with E-state index in [2.05, 4.69) is 20.9 Å². The van der Waals surface area contributed by atoms with Crippen LogP contribution in [0.25, 0.3) is 0 Å². The van der Waals surface area contributed by atoms with Gasteiger partial charge in [-0.15, -0.1) is 0 Å². The molecule has 6 nitrogen and oxygen atoms in total. The number of nitrogens with one attached hydrogen (secondary N) is 2. The lowest BCUT2D eigenvalue weighted by Crippen LogP contribution is -2.15. The van der Waals surface area contributed by atoms with Crippen molar-refractivity contribution in [3.8, 4) is 0 Å². The Morgan fingerprint density at radius 3 is 2.45 bits per heavy atom. The molecule has 2 rings (SSSR count). The number of aromatic nitrogens is 2. The highest BCUT2D eigenvalue weighted by atomic mass is 19.1. The van der Waals surface area contributed by atoms with Gasteiger partial charge in [0.15, 0.2) is 23.3 Å². The molecule has 2 aromatic rings. The number of hydrogen-bond donors (Lipinski definition) is 3. The zero-order chi connectivity index (χ0) is 14.9. The Hall–Kier alpha value is -2.22. The number of nitrogens with two attached hydrogens (primary N) is 1. The predicted molar refractivity (Wildman–Crippen MR) is 70.0 cm³/mol. The molecule has 0 saturated carbocycles. The molecule has 1 atom stereocenters. The van der Waals surface area contributed by atoms with Crippen molar-refractivity contribution in [1.82, 2.24) is 10.1 Å². The van der Waals surface area contributed by atoms with Crippen LogP contribution in [0.1, 0.15) is 30.0 Å². The largest absolute Gasteiger partial charge is 0.361 e. The average molecular weight is 283 g/mol. The molecule has 1 unspecified atom stereocenters. The van der Waals surface area contributed by atoms with E-state index in [1.165, 1.54) is 0 Å². The lowest BCUT2D eigenvalue weighted by atomic mass is 10.1. The van der Waals surface area contributed by atoms with Crippen molar-refractivity contribution in [2.75, 3.05) is 10.7 Å². The number of pyridine rings is 1. The SMILES string of the molecule is Cc1noc(C)c1C(C)Nc1nc(NN)c(F)cc1F. The Kier molecular flexibility index (Phi) is 3.84. The van der Waals surface area contributed by atoms with Crippen LogP contribution in [-0.2, 0) is 0 Å². The van der Waals surface area contributed by atoms with E-state index < -0.39 is 11.6 Å². The molecule has 0 aliphatic heterocycles. The monoisotopic (exact) mass is 283 g/mol. The van der Waals surface area contributed by atoms with Gasteiger partial charge in [0.2, 0.25) is 0 Å². The highest BCUT2D eigenvalue weighted by molar-refractivity contribution is 5.48. The van der Waals surface area contributed by atoms with Gasteiger partial charge in [-0.05, 0) is 20.8 Å². The number of anilines is 2. The fourth-order valence-corrected chi connectivity index (χ4v) is 2.05. The van der Waals surface area contributed by atoms with E-state index in [-0.39, 0.29) is 17.7 Å². The second-order valence-electron chi connectivity index (χ2n) is 4.40. The summed E-state index contributed by atoms with van der Waals surface area (Å²) >= 11 is 0. The Morgan fingerprint density at radius 1 is 1.25 bits per heavy atom. The lowest BCUT2D eigenvalue weighted by molar-refractivity contribution is 0.392. The Balaban J connectivity index is 2.30. The van der Waals surface area contributed by atoms with Crippen LogP contribution in [0, 0.1) is 25.5 Å². The molecule has 0 fully saturated rings. The highest BCUT2D eigenvalue weighted by Gasteiger charge is 2.19. The van der Waals surface area contributed by atoms with Crippen LogP contribution in [0.3, 0.4) is 0 Å². The maximum atomic E-state index is 13.7. The van der Waals surface area contributed by atoms with Crippen molar-refractivity contribution in [2.45, 2.75) is 26.8 Å². The molecule has 0 radical (unpaired) electrons. The van der Waals surface area contributed by atoms with E-state index in [1.807, 2.05) is 0 Å². The first kappa shape index (κ1) is 14.2. The zero-order valence-corrected chi connectivity index (χ0v) is 11.3. The maximum Gasteiger partial charge on any atom is 0.178 e. The van der Waals surface area contributed by atoms with Gasteiger partial charge < -0.3 is 15.3 Å². The first-order chi connectivity index (χ1) is 9.43. The second-order valence-corrected chi connectivity index (χ2v) is 4.40. The van der Waals surface area contributed by atoms with Gasteiger partial charge >= 0.3 is 0 Å². The zero-order valence-electron chi connectivity index (χ0n) is 11.3. The first-order valence-electron chi connectivity index (χ1n) is 5.96. The van der Waals surface area contributed by atoms with Crippen LogP contribution in [0.15, 0.2) is 10.6 Å². The summed E-state index contributed by atoms with van der Waals surface area (Å²) < 4.78 is 32.0. The topological polar surface area (TPSA) is 89.0 Å². The number of nitrogens with zero attached hydrogens (tertiary/aromatic N) is 2. The summed E-state index contributed by atoms with van der Waals surface area (Å²) in [5, 5.41) is 6.68. The van der Waals surface area contributed by atoms with Crippen LogP contribution in [0.4, 0.5) is 20.4 Å². The fourth-order valence-electron chi connectivity index (χ4n) is 2.05. The van der Waals surface area contributed by atoms with Crippen LogP contribution >= 0.6 is 0 Å². The summed E-state index contributed by atoms with van der Waals surface area (Å²) in [6.45, 7) is 5.34. The second kappa shape index (κ2) is 5.41. The van der Waals surface area contributed by atoms with Gasteiger partial charge in [-0.1, -0.05) is 5.16 Å². The molecule has 2 aromatic heterocycles. The molecule has 108 valence electrons. The molecule has 0 amide bonds. The van der Waals surface area contributed by atoms with Crippen molar-refractivity contribution in [2.24, 2.45) is 5.84 Å². The molecule has 0 aliphatic carbocycles. The van der Waals surface area contributed by atoms with Crippen LogP contribution in [0.5, 0.6) is 0 Å². The van der Waals surface area contributed by atoms with Gasteiger partial charge in [0, 0.05) is 11.6 Å². The number of rotatable bonds is 4. The number of aryl methyl sites for hydroxylation is 2. The van der Waals surface area contributed by atoms with Gasteiger partial charge in [-0.2, -0.15) is 0 Å². The normalized spacial score (nSPS) is 12.3. The maximum absolute atomic E-state index is 13.7. The third kappa shape index (κ3) is 2.55. The third-order valence-electron chi connectivity index (χ3n) is 2.94. The summed E-state index contributed by atoms with van der Waals surface area (Å²) in [5.41, 5.74) is 3.57. The summed E-state index contributed by atoms with van der Waals surface area (Å²) in [5.74, 6) is 3.74. The molecular weight excluding hydrogens is 268 g/mol.